The third kappa shape index (κ3) is 3.14. The van der Waals surface area contributed by atoms with Crippen LogP contribution in [0.15, 0.2) is 71.1 Å². The van der Waals surface area contributed by atoms with Gasteiger partial charge in [-0.05, 0) is 47.5 Å². The van der Waals surface area contributed by atoms with Gasteiger partial charge in [0.25, 0.3) is 0 Å². The molecule has 4 heteroatoms. The number of benzene rings is 3. The van der Waals surface area contributed by atoms with E-state index in [1.807, 2.05) is 25.1 Å². The zero-order chi connectivity index (χ0) is 19.0. The molecule has 0 amide bonds. The minimum absolute atomic E-state index is 0.304. The van der Waals surface area contributed by atoms with Crippen LogP contribution in [-0.4, -0.2) is 7.11 Å². The number of ether oxygens (including phenoxy) is 1. The van der Waals surface area contributed by atoms with Crippen LogP contribution in [0.25, 0.3) is 33.2 Å². The standard InChI is InChI=1S/C23H17F2O2/c1-14-22(15-3-7-17(24)8-4-15)23(16-5-9-18(25)10-6-16)20-13-19(26-2)11-12-21(20)27-14/h3-13H,1-2H3/q+1. The first kappa shape index (κ1) is 17.2. The maximum atomic E-state index is 13.5. The summed E-state index contributed by atoms with van der Waals surface area (Å²) in [6, 6.07) is 18.1. The van der Waals surface area contributed by atoms with Crippen molar-refractivity contribution in [2.75, 3.05) is 7.11 Å². The molecule has 4 aromatic rings. The van der Waals surface area contributed by atoms with Crippen molar-refractivity contribution in [3.05, 3.63) is 84.1 Å². The highest BCUT2D eigenvalue weighted by molar-refractivity contribution is 6.02. The molecule has 0 saturated carbocycles. The highest BCUT2D eigenvalue weighted by atomic mass is 19.1. The zero-order valence-corrected chi connectivity index (χ0v) is 14.9. The normalized spacial score (nSPS) is 11.0. The summed E-state index contributed by atoms with van der Waals surface area (Å²) in [4.78, 5) is 0. The first-order valence-corrected chi connectivity index (χ1v) is 8.53. The lowest BCUT2D eigenvalue weighted by Crippen LogP contribution is -1.93. The van der Waals surface area contributed by atoms with Crippen LogP contribution in [-0.2, 0) is 0 Å². The first-order chi connectivity index (χ1) is 13.1. The van der Waals surface area contributed by atoms with Gasteiger partial charge >= 0.3 is 11.3 Å². The third-order valence-corrected chi connectivity index (χ3v) is 4.59. The number of halogens is 2. The molecule has 0 spiro atoms. The van der Waals surface area contributed by atoms with Crippen LogP contribution in [0.1, 0.15) is 5.76 Å². The topological polar surface area (TPSA) is 20.5 Å². The molecule has 0 N–H and O–H groups in total. The first-order valence-electron chi connectivity index (χ1n) is 8.53. The summed E-state index contributed by atoms with van der Waals surface area (Å²) >= 11 is 0. The maximum absolute atomic E-state index is 13.5. The quantitative estimate of drug-likeness (QED) is 0.380. The van der Waals surface area contributed by atoms with Gasteiger partial charge in [0.1, 0.15) is 17.4 Å². The molecule has 1 heterocycles. The van der Waals surface area contributed by atoms with Crippen LogP contribution in [0.5, 0.6) is 5.75 Å². The Bertz CT molecular complexity index is 1120. The molecule has 0 bridgehead atoms. The van der Waals surface area contributed by atoms with E-state index in [1.54, 1.807) is 31.4 Å². The second-order valence-electron chi connectivity index (χ2n) is 6.28. The average molecular weight is 363 g/mol. The second-order valence-corrected chi connectivity index (χ2v) is 6.28. The number of aryl methyl sites for hydroxylation is 1. The van der Waals surface area contributed by atoms with E-state index in [0.29, 0.717) is 17.1 Å². The summed E-state index contributed by atoms with van der Waals surface area (Å²) in [5, 5.41) is 0.839. The Balaban J connectivity index is 2.11. The molecule has 0 saturated heterocycles. The second kappa shape index (κ2) is 6.80. The van der Waals surface area contributed by atoms with Crippen LogP contribution in [0, 0.1) is 18.6 Å². The lowest BCUT2D eigenvalue weighted by atomic mass is 9.91. The molecule has 0 fully saturated rings. The third-order valence-electron chi connectivity index (χ3n) is 4.59. The molecule has 0 radical (unpaired) electrons. The molecule has 0 atom stereocenters. The van der Waals surface area contributed by atoms with Crippen molar-refractivity contribution in [2.45, 2.75) is 6.92 Å². The van der Waals surface area contributed by atoms with Crippen LogP contribution >= 0.6 is 0 Å². The van der Waals surface area contributed by atoms with Crippen LogP contribution < -0.4 is 4.74 Å². The fourth-order valence-electron chi connectivity index (χ4n) is 3.33. The predicted octanol–water partition coefficient (Wildman–Crippen LogP) is 6.64. The van der Waals surface area contributed by atoms with Crippen molar-refractivity contribution in [2.24, 2.45) is 0 Å². The van der Waals surface area contributed by atoms with Crippen molar-refractivity contribution >= 4 is 11.0 Å². The van der Waals surface area contributed by atoms with E-state index < -0.39 is 0 Å². The van der Waals surface area contributed by atoms with Crippen LogP contribution in [0.3, 0.4) is 0 Å². The Labute approximate surface area is 155 Å². The molecular weight excluding hydrogens is 346 g/mol. The smallest absolute Gasteiger partial charge is 0.361 e. The predicted molar refractivity (Wildman–Crippen MR) is 103 cm³/mol. The fraction of sp³-hybridized carbons (Fsp3) is 0.0870. The highest BCUT2D eigenvalue weighted by Gasteiger charge is 2.25. The van der Waals surface area contributed by atoms with Crippen LogP contribution in [0.4, 0.5) is 8.78 Å². The summed E-state index contributed by atoms with van der Waals surface area (Å²) in [5.41, 5.74) is 4.08. The number of hydrogen-bond donors (Lipinski definition) is 0. The molecular formula is C23H17F2O2+. The van der Waals surface area contributed by atoms with Crippen LogP contribution in [0.2, 0.25) is 0 Å². The van der Waals surface area contributed by atoms with Gasteiger partial charge in [0, 0.05) is 11.6 Å². The average Bonchev–Trinajstić information content (AvgIpc) is 2.68. The van der Waals surface area contributed by atoms with Crippen molar-refractivity contribution in [1.29, 1.82) is 0 Å². The van der Waals surface area contributed by atoms with E-state index in [0.717, 1.165) is 27.6 Å². The van der Waals surface area contributed by atoms with Gasteiger partial charge in [0.2, 0.25) is 0 Å². The largest absolute Gasteiger partial charge is 0.497 e. The Kier molecular flexibility index (Phi) is 4.32. The molecule has 1 aromatic heterocycles. The number of methoxy groups -OCH3 is 1. The number of fused-ring (bicyclic) bond motifs is 1. The Morgan fingerprint density at radius 2 is 1.30 bits per heavy atom. The molecule has 4 rings (SSSR count). The SMILES string of the molecule is COc1ccc2[o+]c(C)c(-c3ccc(F)cc3)c(-c3ccc(F)cc3)c2c1. The molecule has 2 nitrogen and oxygen atoms in total. The van der Waals surface area contributed by atoms with Gasteiger partial charge < -0.3 is 4.74 Å². The van der Waals surface area contributed by atoms with Crippen molar-refractivity contribution in [3.8, 4) is 28.0 Å². The molecule has 0 aliphatic heterocycles. The minimum Gasteiger partial charge on any atom is -0.497 e. The Hall–Kier alpha value is -3.27. The van der Waals surface area contributed by atoms with Gasteiger partial charge in [-0.25, -0.2) is 13.2 Å². The highest BCUT2D eigenvalue weighted by Crippen LogP contribution is 2.41. The van der Waals surface area contributed by atoms with E-state index in [9.17, 15) is 8.78 Å². The van der Waals surface area contributed by atoms with Gasteiger partial charge in [-0.15, -0.1) is 0 Å². The van der Waals surface area contributed by atoms with E-state index in [2.05, 4.69) is 0 Å². The summed E-state index contributed by atoms with van der Waals surface area (Å²) in [5.74, 6) is 0.772. The van der Waals surface area contributed by atoms with Gasteiger partial charge in [-0.3, -0.25) is 0 Å². The zero-order valence-electron chi connectivity index (χ0n) is 14.9. The van der Waals surface area contributed by atoms with E-state index >= 15 is 0 Å². The monoisotopic (exact) mass is 363 g/mol. The van der Waals surface area contributed by atoms with Gasteiger partial charge in [0.15, 0.2) is 0 Å². The van der Waals surface area contributed by atoms with Crippen molar-refractivity contribution < 1.29 is 17.9 Å². The molecule has 0 aliphatic carbocycles. The lowest BCUT2D eigenvalue weighted by molar-refractivity contribution is 0.415. The van der Waals surface area contributed by atoms with Gasteiger partial charge in [-0.2, -0.15) is 0 Å². The molecule has 0 unspecified atom stereocenters. The van der Waals surface area contributed by atoms with Crippen molar-refractivity contribution in [3.63, 3.8) is 0 Å². The van der Waals surface area contributed by atoms with E-state index in [-0.39, 0.29) is 11.6 Å². The summed E-state index contributed by atoms with van der Waals surface area (Å²) < 4.78 is 38.4. The molecule has 27 heavy (non-hydrogen) atoms. The lowest BCUT2D eigenvalue weighted by Gasteiger charge is -2.11. The molecule has 134 valence electrons. The summed E-state index contributed by atoms with van der Waals surface area (Å²) in [6.45, 7) is 1.87. The van der Waals surface area contributed by atoms with E-state index in [4.69, 9.17) is 9.15 Å². The summed E-state index contributed by atoms with van der Waals surface area (Å²) in [6.07, 6.45) is 0. The maximum Gasteiger partial charge on any atom is 0.361 e. The number of rotatable bonds is 3. The van der Waals surface area contributed by atoms with Gasteiger partial charge in [-0.1, -0.05) is 24.3 Å². The van der Waals surface area contributed by atoms with E-state index in [1.165, 1.54) is 24.3 Å². The summed E-state index contributed by atoms with van der Waals surface area (Å²) in [7, 11) is 1.60. The molecule has 3 aromatic carbocycles. The Morgan fingerprint density at radius 1 is 0.741 bits per heavy atom. The minimum atomic E-state index is -0.306. The van der Waals surface area contributed by atoms with Gasteiger partial charge in [0.05, 0.1) is 25.0 Å². The van der Waals surface area contributed by atoms with Crippen molar-refractivity contribution in [1.82, 2.24) is 0 Å². The number of hydrogen-bond acceptors (Lipinski definition) is 1. The molecule has 0 aliphatic rings. The Morgan fingerprint density at radius 3 is 1.85 bits per heavy atom. The fourth-order valence-corrected chi connectivity index (χ4v) is 3.33.